The van der Waals surface area contributed by atoms with Gasteiger partial charge in [0.1, 0.15) is 0 Å². The molecule has 1 fully saturated rings. The van der Waals surface area contributed by atoms with Crippen molar-refractivity contribution in [3.8, 4) is 11.4 Å². The van der Waals surface area contributed by atoms with Crippen LogP contribution in [0.25, 0.3) is 11.4 Å². The standard InChI is InChI=1S/C14H18BrN5O/c1-9(10-4-6-21-7-5-10)20-14(17-18-19-20)11-2-3-12(15)13(16)8-11/h2-3,8-10H,4-7,16H2,1H3. The lowest BCUT2D eigenvalue weighted by molar-refractivity contribution is 0.0495. The number of ether oxygens (including phenoxy) is 1. The highest BCUT2D eigenvalue weighted by Gasteiger charge is 2.25. The van der Waals surface area contributed by atoms with E-state index < -0.39 is 0 Å². The van der Waals surface area contributed by atoms with Gasteiger partial charge in [-0.05, 0) is 70.2 Å². The van der Waals surface area contributed by atoms with E-state index in [0.717, 1.165) is 41.9 Å². The van der Waals surface area contributed by atoms with E-state index in [1.807, 2.05) is 22.9 Å². The minimum absolute atomic E-state index is 0.240. The lowest BCUT2D eigenvalue weighted by Crippen LogP contribution is -2.25. The predicted octanol–water partition coefficient (Wildman–Crippen LogP) is 2.67. The molecule has 0 aliphatic carbocycles. The molecule has 1 aromatic heterocycles. The van der Waals surface area contributed by atoms with Crippen LogP contribution in [-0.4, -0.2) is 33.4 Å². The molecule has 2 N–H and O–H groups in total. The van der Waals surface area contributed by atoms with Crippen molar-refractivity contribution in [2.24, 2.45) is 5.92 Å². The van der Waals surface area contributed by atoms with Gasteiger partial charge in [-0.3, -0.25) is 0 Å². The van der Waals surface area contributed by atoms with Crippen LogP contribution in [0.5, 0.6) is 0 Å². The molecule has 1 aliphatic rings. The predicted molar refractivity (Wildman–Crippen MR) is 83.6 cm³/mol. The summed E-state index contributed by atoms with van der Waals surface area (Å²) in [5.41, 5.74) is 7.57. The third kappa shape index (κ3) is 2.94. The fraction of sp³-hybridized carbons (Fsp3) is 0.500. The number of hydrogen-bond acceptors (Lipinski definition) is 5. The van der Waals surface area contributed by atoms with Crippen LogP contribution in [0.3, 0.4) is 0 Å². The molecule has 7 heteroatoms. The van der Waals surface area contributed by atoms with Gasteiger partial charge in [-0.15, -0.1) is 5.10 Å². The Hall–Kier alpha value is -1.47. The summed E-state index contributed by atoms with van der Waals surface area (Å²) in [6.45, 7) is 3.80. The topological polar surface area (TPSA) is 78.8 Å². The minimum Gasteiger partial charge on any atom is -0.398 e. The maximum Gasteiger partial charge on any atom is 0.182 e. The number of benzene rings is 1. The Bertz CT molecular complexity index is 624. The Kier molecular flexibility index (Phi) is 4.21. The lowest BCUT2D eigenvalue weighted by atomic mass is 9.93. The summed E-state index contributed by atoms with van der Waals surface area (Å²) in [6.07, 6.45) is 2.09. The number of hydrogen-bond donors (Lipinski definition) is 1. The summed E-state index contributed by atoms with van der Waals surface area (Å²) in [7, 11) is 0. The van der Waals surface area contributed by atoms with E-state index in [4.69, 9.17) is 10.5 Å². The molecule has 1 atom stereocenters. The zero-order valence-electron chi connectivity index (χ0n) is 11.9. The van der Waals surface area contributed by atoms with E-state index in [0.29, 0.717) is 11.6 Å². The Morgan fingerprint density at radius 1 is 1.38 bits per heavy atom. The van der Waals surface area contributed by atoms with Gasteiger partial charge in [-0.2, -0.15) is 0 Å². The lowest BCUT2D eigenvalue weighted by Gasteiger charge is -2.28. The highest BCUT2D eigenvalue weighted by atomic mass is 79.9. The smallest absolute Gasteiger partial charge is 0.182 e. The molecule has 0 saturated carbocycles. The second-order valence-corrected chi connectivity index (χ2v) is 6.23. The van der Waals surface area contributed by atoms with Gasteiger partial charge >= 0.3 is 0 Å². The van der Waals surface area contributed by atoms with Gasteiger partial charge in [0, 0.05) is 28.9 Å². The van der Waals surface area contributed by atoms with E-state index in [2.05, 4.69) is 38.4 Å². The molecule has 1 aromatic carbocycles. The summed E-state index contributed by atoms with van der Waals surface area (Å²) in [5, 5.41) is 12.2. The molecule has 0 amide bonds. The quantitative estimate of drug-likeness (QED) is 0.860. The number of rotatable bonds is 3. The average Bonchev–Trinajstić information content (AvgIpc) is 2.99. The van der Waals surface area contributed by atoms with E-state index in [9.17, 15) is 0 Å². The molecule has 0 spiro atoms. The first-order valence-electron chi connectivity index (χ1n) is 7.08. The molecule has 21 heavy (non-hydrogen) atoms. The third-order valence-electron chi connectivity index (χ3n) is 4.08. The van der Waals surface area contributed by atoms with Gasteiger partial charge in [0.2, 0.25) is 0 Å². The summed E-state index contributed by atoms with van der Waals surface area (Å²) in [4.78, 5) is 0. The van der Waals surface area contributed by atoms with Crippen LogP contribution in [0.2, 0.25) is 0 Å². The summed E-state index contributed by atoms with van der Waals surface area (Å²) < 4.78 is 8.21. The van der Waals surface area contributed by atoms with Crippen LogP contribution in [0.15, 0.2) is 22.7 Å². The van der Waals surface area contributed by atoms with Gasteiger partial charge in [0.25, 0.3) is 0 Å². The summed E-state index contributed by atoms with van der Waals surface area (Å²) in [6, 6.07) is 6.02. The Labute approximate surface area is 131 Å². The summed E-state index contributed by atoms with van der Waals surface area (Å²) >= 11 is 3.41. The molecule has 2 heterocycles. The van der Waals surface area contributed by atoms with Crippen LogP contribution in [0.4, 0.5) is 5.69 Å². The molecular formula is C14H18BrN5O. The average molecular weight is 352 g/mol. The van der Waals surface area contributed by atoms with Crippen LogP contribution >= 0.6 is 15.9 Å². The van der Waals surface area contributed by atoms with Gasteiger partial charge in [-0.25, -0.2) is 4.68 Å². The monoisotopic (exact) mass is 351 g/mol. The van der Waals surface area contributed by atoms with Crippen molar-refractivity contribution >= 4 is 21.6 Å². The fourth-order valence-corrected chi connectivity index (χ4v) is 2.99. The molecule has 1 saturated heterocycles. The van der Waals surface area contributed by atoms with Crippen LogP contribution in [0, 0.1) is 5.92 Å². The van der Waals surface area contributed by atoms with Crippen LogP contribution in [-0.2, 0) is 4.74 Å². The van der Waals surface area contributed by atoms with Crippen molar-refractivity contribution in [1.29, 1.82) is 0 Å². The summed E-state index contributed by atoms with van der Waals surface area (Å²) in [5.74, 6) is 1.29. The van der Waals surface area contributed by atoms with Crippen LogP contribution in [0.1, 0.15) is 25.8 Å². The van der Waals surface area contributed by atoms with Gasteiger partial charge < -0.3 is 10.5 Å². The van der Waals surface area contributed by atoms with Crippen molar-refractivity contribution in [3.05, 3.63) is 22.7 Å². The maximum absolute atomic E-state index is 5.95. The van der Waals surface area contributed by atoms with Gasteiger partial charge in [-0.1, -0.05) is 0 Å². The minimum atomic E-state index is 0.240. The van der Waals surface area contributed by atoms with Crippen molar-refractivity contribution in [1.82, 2.24) is 20.2 Å². The van der Waals surface area contributed by atoms with Crippen molar-refractivity contribution in [2.75, 3.05) is 18.9 Å². The Balaban J connectivity index is 1.90. The molecule has 2 aromatic rings. The number of halogens is 1. The number of aromatic nitrogens is 4. The van der Waals surface area contributed by atoms with Crippen molar-refractivity contribution in [2.45, 2.75) is 25.8 Å². The number of anilines is 1. The largest absolute Gasteiger partial charge is 0.398 e. The fourth-order valence-electron chi connectivity index (χ4n) is 2.74. The molecule has 1 aliphatic heterocycles. The molecule has 0 bridgehead atoms. The second kappa shape index (κ2) is 6.11. The van der Waals surface area contributed by atoms with Crippen molar-refractivity contribution < 1.29 is 4.74 Å². The SMILES string of the molecule is CC(C1CCOCC1)n1nnnc1-c1ccc(Br)c(N)c1. The van der Waals surface area contributed by atoms with Crippen LogP contribution < -0.4 is 5.73 Å². The first-order valence-corrected chi connectivity index (χ1v) is 7.87. The normalized spacial score (nSPS) is 17.8. The molecule has 112 valence electrons. The number of tetrazole rings is 1. The molecule has 6 nitrogen and oxygen atoms in total. The zero-order chi connectivity index (χ0) is 14.8. The van der Waals surface area contributed by atoms with Gasteiger partial charge in [0.15, 0.2) is 5.82 Å². The molecule has 1 unspecified atom stereocenters. The first-order chi connectivity index (χ1) is 10.2. The van der Waals surface area contributed by atoms with Gasteiger partial charge in [0.05, 0.1) is 6.04 Å². The first kappa shape index (κ1) is 14.5. The molecule has 0 radical (unpaired) electrons. The number of nitrogens with zero attached hydrogens (tertiary/aromatic N) is 4. The maximum atomic E-state index is 5.95. The number of nitrogen functional groups attached to an aromatic ring is 1. The highest BCUT2D eigenvalue weighted by molar-refractivity contribution is 9.10. The second-order valence-electron chi connectivity index (χ2n) is 5.37. The van der Waals surface area contributed by atoms with Crippen molar-refractivity contribution in [3.63, 3.8) is 0 Å². The Morgan fingerprint density at radius 3 is 2.86 bits per heavy atom. The van der Waals surface area contributed by atoms with E-state index in [1.54, 1.807) is 0 Å². The third-order valence-corrected chi connectivity index (χ3v) is 4.80. The number of nitrogens with two attached hydrogens (primary N) is 1. The van der Waals surface area contributed by atoms with E-state index >= 15 is 0 Å². The highest BCUT2D eigenvalue weighted by Crippen LogP contribution is 2.31. The molecular weight excluding hydrogens is 334 g/mol. The molecule has 3 rings (SSSR count). The zero-order valence-corrected chi connectivity index (χ0v) is 13.5. The van der Waals surface area contributed by atoms with E-state index in [1.165, 1.54) is 0 Å². The Morgan fingerprint density at radius 2 is 2.14 bits per heavy atom. The van der Waals surface area contributed by atoms with E-state index in [-0.39, 0.29) is 6.04 Å².